The molecule has 0 radical (unpaired) electrons. The third-order valence-electron chi connectivity index (χ3n) is 4.86. The van der Waals surface area contributed by atoms with Gasteiger partial charge in [0.05, 0.1) is 11.0 Å². The SMILES string of the molecule is CCCCCCNC(=O)c1c(N)n(CCCOC)c2nc3ccccc3nc12. The van der Waals surface area contributed by atoms with Crippen LogP contribution in [-0.2, 0) is 11.3 Å². The van der Waals surface area contributed by atoms with E-state index >= 15 is 0 Å². The van der Waals surface area contributed by atoms with Crippen molar-refractivity contribution in [3.05, 3.63) is 29.8 Å². The minimum atomic E-state index is -0.186. The summed E-state index contributed by atoms with van der Waals surface area (Å²) in [7, 11) is 1.67. The second-order valence-electron chi connectivity index (χ2n) is 6.96. The van der Waals surface area contributed by atoms with Gasteiger partial charge in [-0.05, 0) is 25.0 Å². The van der Waals surface area contributed by atoms with Crippen LogP contribution in [0.25, 0.3) is 22.2 Å². The number of hydrogen-bond acceptors (Lipinski definition) is 5. The van der Waals surface area contributed by atoms with Crippen molar-refractivity contribution >= 4 is 33.9 Å². The minimum absolute atomic E-state index is 0.186. The Bertz CT molecular complexity index is 951. The molecule has 28 heavy (non-hydrogen) atoms. The fourth-order valence-corrected chi connectivity index (χ4v) is 3.38. The molecule has 1 amide bonds. The molecule has 3 N–H and O–H groups in total. The van der Waals surface area contributed by atoms with Crippen LogP contribution in [0.2, 0.25) is 0 Å². The summed E-state index contributed by atoms with van der Waals surface area (Å²) >= 11 is 0. The highest BCUT2D eigenvalue weighted by Gasteiger charge is 2.23. The Hall–Kier alpha value is -2.67. The Balaban J connectivity index is 1.96. The van der Waals surface area contributed by atoms with Gasteiger partial charge in [0.25, 0.3) is 5.91 Å². The maximum absolute atomic E-state index is 12.9. The monoisotopic (exact) mass is 383 g/mol. The number of hydrogen-bond donors (Lipinski definition) is 2. The van der Waals surface area contributed by atoms with Crippen LogP contribution in [0.15, 0.2) is 24.3 Å². The molecule has 0 unspecified atom stereocenters. The standard InChI is InChI=1S/C21H29N5O2/c1-3-4-5-8-12-23-21(27)17-18-20(26(19(17)22)13-9-14-28-2)25-16-11-7-6-10-15(16)24-18/h6-7,10-11H,3-5,8-9,12-14,22H2,1-2H3,(H,23,27). The van der Waals surface area contributed by atoms with Gasteiger partial charge in [-0.15, -0.1) is 0 Å². The zero-order chi connectivity index (χ0) is 19.9. The highest BCUT2D eigenvalue weighted by atomic mass is 16.5. The number of methoxy groups -OCH3 is 1. The third kappa shape index (κ3) is 4.25. The third-order valence-corrected chi connectivity index (χ3v) is 4.86. The molecule has 2 heterocycles. The Kier molecular flexibility index (Phi) is 6.81. The number of unbranched alkanes of at least 4 members (excludes halogenated alkanes) is 3. The number of carbonyl (C=O) groups is 1. The summed E-state index contributed by atoms with van der Waals surface area (Å²) in [6, 6.07) is 7.65. The number of aromatic nitrogens is 3. The number of nitrogens with zero attached hydrogens (tertiary/aromatic N) is 3. The highest BCUT2D eigenvalue weighted by molar-refractivity contribution is 6.10. The summed E-state index contributed by atoms with van der Waals surface area (Å²) in [5, 5.41) is 2.99. The molecule has 3 aromatic rings. The zero-order valence-electron chi connectivity index (χ0n) is 16.7. The van der Waals surface area contributed by atoms with Crippen LogP contribution in [0.1, 0.15) is 49.4 Å². The van der Waals surface area contributed by atoms with Gasteiger partial charge in [0, 0.05) is 26.8 Å². The molecular formula is C21H29N5O2. The summed E-state index contributed by atoms with van der Waals surface area (Å²) in [5.74, 6) is 0.224. The van der Waals surface area contributed by atoms with E-state index in [4.69, 9.17) is 20.4 Å². The number of fused-ring (bicyclic) bond motifs is 2. The second kappa shape index (κ2) is 9.50. The van der Waals surface area contributed by atoms with Crippen molar-refractivity contribution in [2.45, 2.75) is 45.6 Å². The van der Waals surface area contributed by atoms with Gasteiger partial charge >= 0.3 is 0 Å². The van der Waals surface area contributed by atoms with Gasteiger partial charge in [-0.25, -0.2) is 9.97 Å². The lowest BCUT2D eigenvalue weighted by Gasteiger charge is -2.08. The molecule has 0 bridgehead atoms. The predicted octanol–water partition coefficient (Wildman–Crippen LogP) is 3.51. The summed E-state index contributed by atoms with van der Waals surface area (Å²) in [6.45, 7) is 4.03. The van der Waals surface area contributed by atoms with Crippen molar-refractivity contribution in [1.82, 2.24) is 19.9 Å². The lowest BCUT2D eigenvalue weighted by atomic mass is 10.2. The summed E-state index contributed by atoms with van der Waals surface area (Å²) < 4.78 is 7.03. The lowest BCUT2D eigenvalue weighted by Crippen LogP contribution is -2.25. The molecule has 7 nitrogen and oxygen atoms in total. The molecule has 0 spiro atoms. The number of nitrogens with two attached hydrogens (primary N) is 1. The Morgan fingerprint density at radius 3 is 2.61 bits per heavy atom. The fraction of sp³-hybridized carbons (Fsp3) is 0.476. The first kappa shape index (κ1) is 20.1. The van der Waals surface area contributed by atoms with Gasteiger partial charge in [0.1, 0.15) is 16.9 Å². The van der Waals surface area contributed by atoms with Crippen LogP contribution in [0.4, 0.5) is 5.82 Å². The number of aryl methyl sites for hydroxylation is 1. The molecule has 0 saturated carbocycles. The molecule has 7 heteroatoms. The first-order valence-electron chi connectivity index (χ1n) is 9.99. The minimum Gasteiger partial charge on any atom is -0.385 e. The van der Waals surface area contributed by atoms with Crippen molar-refractivity contribution in [2.75, 3.05) is 26.0 Å². The zero-order valence-corrected chi connectivity index (χ0v) is 16.7. The van der Waals surface area contributed by atoms with E-state index < -0.39 is 0 Å². The van der Waals surface area contributed by atoms with Crippen LogP contribution < -0.4 is 11.1 Å². The van der Waals surface area contributed by atoms with E-state index in [1.807, 2.05) is 28.8 Å². The molecule has 0 saturated heterocycles. The van der Waals surface area contributed by atoms with Gasteiger partial charge in [-0.3, -0.25) is 4.79 Å². The van der Waals surface area contributed by atoms with Crippen molar-refractivity contribution in [3.8, 4) is 0 Å². The molecule has 1 aromatic carbocycles. The second-order valence-corrected chi connectivity index (χ2v) is 6.96. The maximum Gasteiger partial charge on any atom is 0.257 e. The van der Waals surface area contributed by atoms with Gasteiger partial charge in [0.2, 0.25) is 0 Å². The average Bonchev–Trinajstić information content (AvgIpc) is 2.97. The van der Waals surface area contributed by atoms with Gasteiger partial charge in [0.15, 0.2) is 5.65 Å². The number of carbonyl (C=O) groups excluding carboxylic acids is 1. The molecule has 0 aliphatic rings. The molecule has 3 rings (SSSR count). The van der Waals surface area contributed by atoms with E-state index in [0.717, 1.165) is 30.3 Å². The molecule has 150 valence electrons. The van der Waals surface area contributed by atoms with E-state index in [0.29, 0.717) is 42.2 Å². The quantitative estimate of drug-likeness (QED) is 0.522. The number of benzene rings is 1. The number of rotatable bonds is 10. The van der Waals surface area contributed by atoms with Crippen LogP contribution >= 0.6 is 0 Å². The first-order valence-corrected chi connectivity index (χ1v) is 9.99. The maximum atomic E-state index is 12.9. The average molecular weight is 383 g/mol. The number of nitrogen functional groups attached to an aromatic ring is 1. The van der Waals surface area contributed by atoms with Crippen LogP contribution in [0.3, 0.4) is 0 Å². The van der Waals surface area contributed by atoms with E-state index in [1.165, 1.54) is 12.8 Å². The Morgan fingerprint density at radius 2 is 1.89 bits per heavy atom. The Morgan fingerprint density at radius 1 is 1.14 bits per heavy atom. The predicted molar refractivity (Wildman–Crippen MR) is 112 cm³/mol. The van der Waals surface area contributed by atoms with E-state index in [1.54, 1.807) is 7.11 Å². The van der Waals surface area contributed by atoms with Crippen LogP contribution in [0.5, 0.6) is 0 Å². The number of nitrogens with one attached hydrogen (secondary N) is 1. The number of para-hydroxylation sites is 2. The Labute approximate surface area is 165 Å². The summed E-state index contributed by atoms with van der Waals surface area (Å²) in [4.78, 5) is 22.3. The largest absolute Gasteiger partial charge is 0.385 e. The topological polar surface area (TPSA) is 95.1 Å². The van der Waals surface area contributed by atoms with Gasteiger partial charge in [-0.1, -0.05) is 38.3 Å². The fourth-order valence-electron chi connectivity index (χ4n) is 3.38. The van der Waals surface area contributed by atoms with Crippen molar-refractivity contribution in [2.24, 2.45) is 0 Å². The molecule has 0 aliphatic heterocycles. The van der Waals surface area contributed by atoms with Crippen molar-refractivity contribution in [3.63, 3.8) is 0 Å². The lowest BCUT2D eigenvalue weighted by molar-refractivity contribution is 0.0955. The molecule has 0 atom stereocenters. The molecule has 0 aliphatic carbocycles. The summed E-state index contributed by atoms with van der Waals surface area (Å²) in [5.41, 5.74) is 9.55. The highest BCUT2D eigenvalue weighted by Crippen LogP contribution is 2.28. The molecule has 0 fully saturated rings. The number of ether oxygens (including phenoxy) is 1. The van der Waals surface area contributed by atoms with E-state index in [9.17, 15) is 4.79 Å². The van der Waals surface area contributed by atoms with Gasteiger partial charge in [-0.2, -0.15) is 0 Å². The first-order chi connectivity index (χ1) is 13.7. The number of anilines is 1. The molecular weight excluding hydrogens is 354 g/mol. The molecule has 2 aromatic heterocycles. The van der Waals surface area contributed by atoms with E-state index in [-0.39, 0.29) is 5.91 Å². The van der Waals surface area contributed by atoms with Crippen LogP contribution in [0, 0.1) is 0 Å². The smallest absolute Gasteiger partial charge is 0.257 e. The number of amides is 1. The normalized spacial score (nSPS) is 11.4. The van der Waals surface area contributed by atoms with Crippen molar-refractivity contribution in [1.29, 1.82) is 0 Å². The summed E-state index contributed by atoms with van der Waals surface area (Å²) in [6.07, 6.45) is 5.18. The van der Waals surface area contributed by atoms with Gasteiger partial charge < -0.3 is 20.4 Å². The van der Waals surface area contributed by atoms with Crippen molar-refractivity contribution < 1.29 is 9.53 Å². The van der Waals surface area contributed by atoms with E-state index in [2.05, 4.69) is 12.2 Å². The van der Waals surface area contributed by atoms with Crippen LogP contribution in [-0.4, -0.2) is 40.7 Å².